The topological polar surface area (TPSA) is 20.2 Å². The molecule has 0 aliphatic rings. The molecule has 0 heterocycles. The van der Waals surface area contributed by atoms with Crippen LogP contribution in [0.3, 0.4) is 0 Å². The molecule has 0 aliphatic heterocycles. The highest BCUT2D eigenvalue weighted by molar-refractivity contribution is 5.32. The molecule has 1 N–H and O–H groups in total. The van der Waals surface area contributed by atoms with Crippen LogP contribution in [0.4, 0.5) is 4.39 Å². The monoisotopic (exact) mass is 252 g/mol. The molecule has 0 aromatic heterocycles. The van der Waals surface area contributed by atoms with Crippen molar-refractivity contribution in [3.05, 3.63) is 34.9 Å². The number of halogens is 1. The van der Waals surface area contributed by atoms with Crippen LogP contribution in [0.5, 0.6) is 0 Å². The number of alkyl halides is 1. The normalized spacial score (nSPS) is 14.5. The average molecular weight is 252 g/mol. The molecule has 0 unspecified atom stereocenters. The molecule has 1 atom stereocenters. The van der Waals surface area contributed by atoms with Crippen molar-refractivity contribution in [3.8, 4) is 0 Å². The molecule has 1 rings (SSSR count). The fourth-order valence-electron chi connectivity index (χ4n) is 2.48. The maximum absolute atomic E-state index is 15.0. The smallest absolute Gasteiger partial charge is 0.138 e. The third-order valence-corrected chi connectivity index (χ3v) is 3.42. The molecule has 0 saturated heterocycles. The number of unbranched alkanes of at least 4 members (excludes halogenated alkanes) is 2. The zero-order chi connectivity index (χ0) is 13.6. The highest BCUT2D eigenvalue weighted by Crippen LogP contribution is 2.36. The second-order valence-electron chi connectivity index (χ2n) is 5.27. The largest absolute Gasteiger partial charge is 0.396 e. The Morgan fingerprint density at radius 3 is 2.17 bits per heavy atom. The highest BCUT2D eigenvalue weighted by atomic mass is 19.1. The van der Waals surface area contributed by atoms with Crippen molar-refractivity contribution < 1.29 is 9.50 Å². The molecule has 1 nitrogen and oxygen atoms in total. The van der Waals surface area contributed by atoms with Crippen molar-refractivity contribution in [1.82, 2.24) is 0 Å². The van der Waals surface area contributed by atoms with Gasteiger partial charge in [-0.05, 0) is 32.3 Å². The van der Waals surface area contributed by atoms with Gasteiger partial charge in [0.05, 0.1) is 0 Å². The second kappa shape index (κ2) is 6.89. The summed E-state index contributed by atoms with van der Waals surface area (Å²) in [6.07, 6.45) is 3.70. The van der Waals surface area contributed by atoms with Crippen molar-refractivity contribution in [3.63, 3.8) is 0 Å². The quantitative estimate of drug-likeness (QED) is 0.712. The molecule has 0 radical (unpaired) electrons. The number of hydrogen-bond donors (Lipinski definition) is 1. The third-order valence-electron chi connectivity index (χ3n) is 3.42. The number of benzene rings is 1. The highest BCUT2D eigenvalue weighted by Gasteiger charge is 2.31. The van der Waals surface area contributed by atoms with E-state index in [1.165, 1.54) is 0 Å². The number of rotatable bonds is 7. The zero-order valence-corrected chi connectivity index (χ0v) is 11.8. The van der Waals surface area contributed by atoms with Crippen molar-refractivity contribution in [2.45, 2.75) is 58.5 Å². The van der Waals surface area contributed by atoms with Gasteiger partial charge < -0.3 is 5.11 Å². The lowest BCUT2D eigenvalue weighted by molar-refractivity contribution is 0.0995. The first-order valence-electron chi connectivity index (χ1n) is 6.90. The van der Waals surface area contributed by atoms with Gasteiger partial charge in [0.15, 0.2) is 0 Å². The first-order chi connectivity index (χ1) is 8.51. The van der Waals surface area contributed by atoms with E-state index in [-0.39, 0.29) is 13.0 Å². The summed E-state index contributed by atoms with van der Waals surface area (Å²) in [6.45, 7) is 5.99. The summed E-state index contributed by atoms with van der Waals surface area (Å²) >= 11 is 0. The third kappa shape index (κ3) is 4.09. The van der Waals surface area contributed by atoms with Crippen LogP contribution in [0.25, 0.3) is 0 Å². The van der Waals surface area contributed by atoms with Gasteiger partial charge in [-0.25, -0.2) is 4.39 Å². The fourth-order valence-corrected chi connectivity index (χ4v) is 2.48. The Hall–Kier alpha value is -0.890. The van der Waals surface area contributed by atoms with Crippen LogP contribution in [-0.2, 0) is 5.67 Å². The maximum Gasteiger partial charge on any atom is 0.138 e. The van der Waals surface area contributed by atoms with Crippen LogP contribution in [0.1, 0.15) is 55.7 Å². The van der Waals surface area contributed by atoms with Gasteiger partial charge in [0.1, 0.15) is 5.67 Å². The van der Waals surface area contributed by atoms with Gasteiger partial charge in [-0.15, -0.1) is 0 Å². The molecule has 1 aromatic rings. The Kier molecular flexibility index (Phi) is 5.80. The lowest BCUT2D eigenvalue weighted by atomic mass is 9.86. The van der Waals surface area contributed by atoms with Gasteiger partial charge in [0, 0.05) is 13.0 Å². The lowest BCUT2D eigenvalue weighted by Gasteiger charge is -2.26. The molecular weight excluding hydrogens is 227 g/mol. The minimum atomic E-state index is -1.37. The minimum absolute atomic E-state index is 0.102. The zero-order valence-electron chi connectivity index (χ0n) is 11.8. The van der Waals surface area contributed by atoms with Gasteiger partial charge >= 0.3 is 0 Å². The summed E-state index contributed by atoms with van der Waals surface area (Å²) in [5.74, 6) is 0. The SMILES string of the molecule is CCCCC[C@@](F)(CCO)c1cc(C)cc(C)c1. The van der Waals surface area contributed by atoms with Crippen molar-refractivity contribution in [2.75, 3.05) is 6.61 Å². The summed E-state index contributed by atoms with van der Waals surface area (Å²) in [7, 11) is 0. The molecule has 0 saturated carbocycles. The Balaban J connectivity index is 2.93. The summed E-state index contributed by atoms with van der Waals surface area (Å²) in [5.41, 5.74) is 1.52. The van der Waals surface area contributed by atoms with Crippen molar-refractivity contribution in [2.24, 2.45) is 0 Å². The molecule has 0 bridgehead atoms. The lowest BCUT2D eigenvalue weighted by Crippen LogP contribution is -2.22. The standard InChI is InChI=1S/C16H25FO/c1-4-5-6-7-16(17,8-9-18)15-11-13(2)10-14(3)12-15/h10-12,18H,4-9H2,1-3H3/t16-/m1/s1. The van der Waals surface area contributed by atoms with Crippen LogP contribution in [0.2, 0.25) is 0 Å². The van der Waals surface area contributed by atoms with Crippen LogP contribution in [0.15, 0.2) is 18.2 Å². The Morgan fingerprint density at radius 2 is 1.67 bits per heavy atom. The van der Waals surface area contributed by atoms with Gasteiger partial charge in [-0.3, -0.25) is 0 Å². The number of hydrogen-bond acceptors (Lipinski definition) is 1. The Bertz CT molecular complexity index is 355. The summed E-state index contributed by atoms with van der Waals surface area (Å²) < 4.78 is 15.0. The molecule has 0 spiro atoms. The van der Waals surface area contributed by atoms with E-state index in [1.807, 2.05) is 26.0 Å². The van der Waals surface area contributed by atoms with E-state index in [9.17, 15) is 0 Å². The van der Waals surface area contributed by atoms with Gasteiger partial charge in [0.25, 0.3) is 0 Å². The first kappa shape index (κ1) is 15.2. The van der Waals surface area contributed by atoms with E-state index in [2.05, 4.69) is 13.0 Å². The number of aliphatic hydroxyl groups excluding tert-OH is 1. The van der Waals surface area contributed by atoms with Crippen LogP contribution in [0, 0.1) is 13.8 Å². The predicted molar refractivity (Wildman–Crippen MR) is 74.5 cm³/mol. The van der Waals surface area contributed by atoms with Gasteiger partial charge in [-0.2, -0.15) is 0 Å². The van der Waals surface area contributed by atoms with E-state index < -0.39 is 5.67 Å². The molecule has 102 valence electrons. The van der Waals surface area contributed by atoms with Crippen LogP contribution >= 0.6 is 0 Å². The van der Waals surface area contributed by atoms with Gasteiger partial charge in [-0.1, -0.05) is 49.1 Å². The Morgan fingerprint density at radius 1 is 1.06 bits per heavy atom. The summed E-state index contributed by atoms with van der Waals surface area (Å²) in [5, 5.41) is 9.12. The number of aliphatic hydroxyl groups is 1. The van der Waals surface area contributed by atoms with Crippen molar-refractivity contribution in [1.29, 1.82) is 0 Å². The Labute approximate surface area is 110 Å². The van der Waals surface area contributed by atoms with Crippen LogP contribution < -0.4 is 0 Å². The predicted octanol–water partition coefficient (Wildman–Crippen LogP) is 4.43. The van der Waals surface area contributed by atoms with E-state index >= 15 is 4.39 Å². The van der Waals surface area contributed by atoms with E-state index in [0.29, 0.717) is 6.42 Å². The average Bonchev–Trinajstić information content (AvgIpc) is 2.28. The molecule has 0 amide bonds. The minimum Gasteiger partial charge on any atom is -0.396 e. The van der Waals surface area contributed by atoms with Crippen molar-refractivity contribution >= 4 is 0 Å². The first-order valence-corrected chi connectivity index (χ1v) is 6.90. The van der Waals surface area contributed by atoms with Gasteiger partial charge in [0.2, 0.25) is 0 Å². The molecule has 1 aromatic carbocycles. The molecule has 2 heteroatoms. The van der Waals surface area contributed by atoms with E-state index in [4.69, 9.17) is 5.11 Å². The maximum atomic E-state index is 15.0. The molecule has 0 fully saturated rings. The van der Waals surface area contributed by atoms with Crippen LogP contribution in [-0.4, -0.2) is 11.7 Å². The molecule has 18 heavy (non-hydrogen) atoms. The fraction of sp³-hybridized carbons (Fsp3) is 0.625. The molecule has 0 aliphatic carbocycles. The van der Waals surface area contributed by atoms with E-state index in [1.54, 1.807) is 0 Å². The second-order valence-corrected chi connectivity index (χ2v) is 5.27. The van der Waals surface area contributed by atoms with E-state index in [0.717, 1.165) is 36.0 Å². The summed E-state index contributed by atoms with van der Waals surface area (Å²) in [4.78, 5) is 0. The summed E-state index contributed by atoms with van der Waals surface area (Å²) in [6, 6.07) is 5.87. The number of aryl methyl sites for hydroxylation is 2. The molecular formula is C16H25FO.